The number of hydrogen-bond donors (Lipinski definition) is 0. The summed E-state index contributed by atoms with van der Waals surface area (Å²) in [6.45, 7) is 4.64. The van der Waals surface area contributed by atoms with Gasteiger partial charge in [-0.2, -0.15) is 0 Å². The number of rotatable bonds is 11. The van der Waals surface area contributed by atoms with Gasteiger partial charge in [0.15, 0.2) is 5.60 Å². The molecule has 6 nitrogen and oxygen atoms in total. The molecule has 0 aromatic heterocycles. The van der Waals surface area contributed by atoms with Crippen molar-refractivity contribution in [3.05, 3.63) is 24.3 Å². The van der Waals surface area contributed by atoms with Crippen LogP contribution in [0.5, 0.6) is 11.5 Å². The van der Waals surface area contributed by atoms with Gasteiger partial charge in [-0.25, -0.2) is 4.79 Å². The van der Waals surface area contributed by atoms with Crippen LogP contribution < -0.4 is 9.47 Å². The smallest absolute Gasteiger partial charge is 0.340 e. The van der Waals surface area contributed by atoms with Crippen molar-refractivity contribution in [2.75, 3.05) is 19.8 Å². The second-order valence-corrected chi connectivity index (χ2v) is 6.08. The van der Waals surface area contributed by atoms with Gasteiger partial charge in [-0.15, -0.1) is 0 Å². The Morgan fingerprint density at radius 2 is 1.88 bits per heavy atom. The van der Waals surface area contributed by atoms with Gasteiger partial charge in [0.2, 0.25) is 0 Å². The van der Waals surface area contributed by atoms with Gasteiger partial charge in [-0.1, -0.05) is 18.9 Å². The van der Waals surface area contributed by atoms with Crippen molar-refractivity contribution in [1.29, 1.82) is 0 Å². The molecular weight excluding hydrogens is 324 g/mol. The lowest BCUT2D eigenvalue weighted by atomic mass is 10.0. The third kappa shape index (κ3) is 6.38. The highest BCUT2D eigenvalue weighted by atomic mass is 16.6. The minimum Gasteiger partial charge on any atom is -0.493 e. The number of carbonyl (C=O) groups excluding carboxylic acids is 2. The molecule has 1 atom stereocenters. The minimum absolute atomic E-state index is 0.231. The van der Waals surface area contributed by atoms with Crippen LogP contribution in [0.2, 0.25) is 0 Å². The second kappa shape index (κ2) is 9.42. The van der Waals surface area contributed by atoms with E-state index in [9.17, 15) is 9.59 Å². The first kappa shape index (κ1) is 19.2. The monoisotopic (exact) mass is 350 g/mol. The van der Waals surface area contributed by atoms with Crippen molar-refractivity contribution in [1.82, 2.24) is 0 Å². The maximum Gasteiger partial charge on any atom is 0.340 e. The van der Waals surface area contributed by atoms with E-state index < -0.39 is 5.60 Å². The van der Waals surface area contributed by atoms with Crippen LogP contribution in [0.15, 0.2) is 24.3 Å². The Bertz CT molecular complexity index is 579. The van der Waals surface area contributed by atoms with E-state index in [0.29, 0.717) is 31.3 Å². The van der Waals surface area contributed by atoms with Gasteiger partial charge in [0, 0.05) is 13.0 Å². The van der Waals surface area contributed by atoms with E-state index in [0.717, 1.165) is 32.1 Å². The molecule has 0 bridgehead atoms. The van der Waals surface area contributed by atoms with Gasteiger partial charge in [-0.05, 0) is 38.3 Å². The van der Waals surface area contributed by atoms with Crippen molar-refractivity contribution >= 4 is 11.9 Å². The normalized spacial score (nSPS) is 18.5. The maximum absolute atomic E-state index is 11.7. The molecule has 1 fully saturated rings. The first-order valence-corrected chi connectivity index (χ1v) is 8.78. The number of esters is 2. The Morgan fingerprint density at radius 1 is 1.16 bits per heavy atom. The lowest BCUT2D eigenvalue weighted by Gasteiger charge is -2.10. The summed E-state index contributed by atoms with van der Waals surface area (Å²) in [7, 11) is 0. The topological polar surface area (TPSA) is 74.4 Å². The van der Waals surface area contributed by atoms with Gasteiger partial charge in [0.25, 0.3) is 0 Å². The van der Waals surface area contributed by atoms with Crippen molar-refractivity contribution in [2.45, 2.75) is 51.6 Å². The Kier molecular flexibility index (Phi) is 7.25. The van der Waals surface area contributed by atoms with Crippen LogP contribution >= 0.6 is 0 Å². The van der Waals surface area contributed by atoms with Crippen molar-refractivity contribution in [3.8, 4) is 11.5 Å². The average molecular weight is 350 g/mol. The average Bonchev–Trinajstić information content (AvgIpc) is 3.35. The van der Waals surface area contributed by atoms with E-state index in [1.54, 1.807) is 25.1 Å². The summed E-state index contributed by atoms with van der Waals surface area (Å²) in [6.07, 6.45) is 4.60. The molecule has 1 unspecified atom stereocenters. The Hall–Kier alpha value is -2.08. The van der Waals surface area contributed by atoms with E-state index >= 15 is 0 Å². The van der Waals surface area contributed by atoms with Crippen LogP contribution in [-0.2, 0) is 19.1 Å². The number of carbonyl (C=O) groups is 2. The molecule has 0 radical (unpaired) electrons. The number of ether oxygens (including phenoxy) is 4. The lowest BCUT2D eigenvalue weighted by molar-refractivity contribution is -0.149. The fourth-order valence-electron chi connectivity index (χ4n) is 2.56. The fourth-order valence-corrected chi connectivity index (χ4v) is 2.56. The lowest BCUT2D eigenvalue weighted by Crippen LogP contribution is -2.27. The number of benzene rings is 1. The van der Waals surface area contributed by atoms with E-state index in [1.807, 2.05) is 6.07 Å². The molecule has 1 aromatic rings. The van der Waals surface area contributed by atoms with Gasteiger partial charge < -0.3 is 18.9 Å². The molecule has 0 amide bonds. The van der Waals surface area contributed by atoms with Crippen LogP contribution in [0.3, 0.4) is 0 Å². The Labute approximate surface area is 148 Å². The van der Waals surface area contributed by atoms with E-state index in [1.165, 1.54) is 6.92 Å². The molecule has 0 spiro atoms. The molecule has 25 heavy (non-hydrogen) atoms. The van der Waals surface area contributed by atoms with Crippen molar-refractivity contribution in [2.24, 2.45) is 0 Å². The van der Waals surface area contributed by atoms with Gasteiger partial charge in [0.1, 0.15) is 11.5 Å². The van der Waals surface area contributed by atoms with Crippen LogP contribution in [-0.4, -0.2) is 37.4 Å². The van der Waals surface area contributed by atoms with Crippen LogP contribution in [0.1, 0.15) is 46.0 Å². The molecule has 6 heteroatoms. The third-order valence-corrected chi connectivity index (χ3v) is 3.95. The fraction of sp³-hybridized carbons (Fsp3) is 0.579. The van der Waals surface area contributed by atoms with Gasteiger partial charge in [0.05, 0.1) is 19.8 Å². The van der Waals surface area contributed by atoms with Gasteiger partial charge in [-0.3, -0.25) is 4.79 Å². The largest absolute Gasteiger partial charge is 0.493 e. The maximum atomic E-state index is 11.7. The molecule has 0 N–H and O–H groups in total. The summed E-state index contributed by atoms with van der Waals surface area (Å²) in [5, 5.41) is 0. The predicted octanol–water partition coefficient (Wildman–Crippen LogP) is 3.27. The predicted molar refractivity (Wildman–Crippen MR) is 91.6 cm³/mol. The number of epoxide rings is 1. The highest BCUT2D eigenvalue weighted by Crippen LogP contribution is 2.34. The minimum atomic E-state index is -0.663. The summed E-state index contributed by atoms with van der Waals surface area (Å²) < 4.78 is 21.0. The molecule has 1 aromatic carbocycles. The zero-order valence-electron chi connectivity index (χ0n) is 14.9. The standard InChI is InChI=1S/C19H26O6/c1-3-22-18(21)19(14-24-19)11-6-4-5-7-12-23-16-9-8-10-17(13-16)25-15(2)20/h8-10,13H,3-7,11-12,14H2,1-2H3. The Morgan fingerprint density at radius 3 is 2.56 bits per heavy atom. The van der Waals surface area contributed by atoms with Gasteiger partial charge >= 0.3 is 11.9 Å². The molecule has 1 saturated heterocycles. The first-order chi connectivity index (χ1) is 12.1. The van der Waals surface area contributed by atoms with E-state index in [-0.39, 0.29) is 11.9 Å². The van der Waals surface area contributed by atoms with E-state index in [4.69, 9.17) is 18.9 Å². The zero-order valence-corrected chi connectivity index (χ0v) is 14.9. The molecule has 1 aliphatic rings. The highest BCUT2D eigenvalue weighted by molar-refractivity contribution is 5.82. The SMILES string of the molecule is CCOC(=O)C1(CCCCCCOc2cccc(OC(C)=O)c2)CO1. The molecule has 138 valence electrons. The highest BCUT2D eigenvalue weighted by Gasteiger charge is 2.52. The summed E-state index contributed by atoms with van der Waals surface area (Å²) in [5.74, 6) is 0.591. The zero-order chi connectivity index (χ0) is 18.1. The number of hydrogen-bond acceptors (Lipinski definition) is 6. The summed E-state index contributed by atoms with van der Waals surface area (Å²) in [4.78, 5) is 22.7. The first-order valence-electron chi connectivity index (χ1n) is 8.78. The van der Waals surface area contributed by atoms with Crippen LogP contribution in [0.25, 0.3) is 0 Å². The molecule has 2 rings (SSSR count). The summed E-state index contributed by atoms with van der Waals surface area (Å²) in [5.41, 5.74) is -0.663. The molecular formula is C19H26O6. The molecule has 1 aliphatic heterocycles. The molecule has 1 heterocycles. The van der Waals surface area contributed by atoms with E-state index in [2.05, 4.69) is 0 Å². The van der Waals surface area contributed by atoms with Crippen LogP contribution in [0, 0.1) is 0 Å². The summed E-state index contributed by atoms with van der Waals surface area (Å²) >= 11 is 0. The molecule has 0 saturated carbocycles. The quantitative estimate of drug-likeness (QED) is 0.264. The number of unbranched alkanes of at least 4 members (excludes halogenated alkanes) is 3. The third-order valence-electron chi connectivity index (χ3n) is 3.95. The van der Waals surface area contributed by atoms with Crippen LogP contribution in [0.4, 0.5) is 0 Å². The second-order valence-electron chi connectivity index (χ2n) is 6.08. The Balaban J connectivity index is 1.57. The van der Waals surface area contributed by atoms with Crippen molar-refractivity contribution < 1.29 is 28.5 Å². The molecule has 0 aliphatic carbocycles. The summed E-state index contributed by atoms with van der Waals surface area (Å²) in [6, 6.07) is 7.04. The van der Waals surface area contributed by atoms with Crippen molar-refractivity contribution in [3.63, 3.8) is 0 Å².